The summed E-state index contributed by atoms with van der Waals surface area (Å²) in [5.41, 5.74) is 1.93. The molecule has 4 heteroatoms. The van der Waals surface area contributed by atoms with Crippen molar-refractivity contribution in [3.8, 4) is 11.3 Å². The Labute approximate surface area is 122 Å². The zero-order chi connectivity index (χ0) is 14.5. The van der Waals surface area contributed by atoms with Crippen LogP contribution in [-0.4, -0.2) is 4.98 Å². The number of halogens is 1. The average Bonchev–Trinajstić information content (AvgIpc) is 2.98. The monoisotopic (exact) mass is 283 g/mol. The van der Waals surface area contributed by atoms with Gasteiger partial charge in [0, 0.05) is 11.8 Å². The van der Waals surface area contributed by atoms with Crippen molar-refractivity contribution in [1.82, 2.24) is 4.98 Å². The molecule has 2 aromatic heterocycles. The van der Waals surface area contributed by atoms with Crippen molar-refractivity contribution in [2.45, 2.75) is 13.1 Å². The number of rotatable bonds is 5. The second-order valence-corrected chi connectivity index (χ2v) is 4.79. The quantitative estimate of drug-likeness (QED) is 0.782. The molecule has 0 aliphatic heterocycles. The largest absolute Gasteiger partial charge is 0.455 e. The van der Waals surface area contributed by atoms with E-state index in [-0.39, 0.29) is 5.82 Å². The van der Waals surface area contributed by atoms with Gasteiger partial charge in [0.15, 0.2) is 5.76 Å². The molecule has 21 heavy (non-hydrogen) atoms. The molecule has 2 N–H and O–H groups in total. The van der Waals surface area contributed by atoms with Crippen LogP contribution < -0.4 is 5.32 Å². The minimum Gasteiger partial charge on any atom is -0.455 e. The molecule has 3 aromatic rings. The molecule has 0 saturated carbocycles. The van der Waals surface area contributed by atoms with Crippen LogP contribution >= 0.6 is 0 Å². The summed E-state index contributed by atoms with van der Waals surface area (Å²) in [7, 11) is 0. The summed E-state index contributed by atoms with van der Waals surface area (Å²) in [4.78, 5) is 4.27. The van der Waals surface area contributed by atoms with E-state index >= 15 is 0 Å². The van der Waals surface area contributed by atoms with Crippen molar-refractivity contribution in [1.29, 1.82) is 0 Å². The molecular weight excluding hydrogens is 267 g/mol. The first-order valence-electron chi connectivity index (χ1n) is 6.87. The van der Waals surface area contributed by atoms with Crippen LogP contribution in [0, 0.1) is 5.82 Å². The third-order valence-electron chi connectivity index (χ3n) is 3.22. The van der Waals surface area contributed by atoms with Gasteiger partial charge in [-0.15, -0.1) is 0 Å². The van der Waals surface area contributed by atoms with Gasteiger partial charge in [-0.1, -0.05) is 6.07 Å². The molecule has 0 radical (unpaired) electrons. The lowest BCUT2D eigenvalue weighted by Crippen LogP contribution is -2.80. The molecule has 3 nitrogen and oxygen atoms in total. The molecule has 106 valence electrons. The topological polar surface area (TPSA) is 42.6 Å². The highest BCUT2D eigenvalue weighted by Gasteiger charge is 2.06. The Hall–Kier alpha value is -2.46. The Bertz CT molecular complexity index is 692. The fourth-order valence-electron chi connectivity index (χ4n) is 2.14. The van der Waals surface area contributed by atoms with Crippen molar-refractivity contribution in [2.24, 2.45) is 0 Å². The fourth-order valence-corrected chi connectivity index (χ4v) is 2.14. The van der Waals surface area contributed by atoms with Gasteiger partial charge in [0.2, 0.25) is 0 Å². The number of hydrogen-bond acceptors (Lipinski definition) is 2. The van der Waals surface area contributed by atoms with Gasteiger partial charge in [-0.25, -0.2) is 4.39 Å². The molecule has 2 heterocycles. The van der Waals surface area contributed by atoms with Crippen molar-refractivity contribution < 1.29 is 14.1 Å². The Balaban J connectivity index is 1.59. The van der Waals surface area contributed by atoms with E-state index in [4.69, 9.17) is 4.42 Å². The minimum absolute atomic E-state index is 0.241. The summed E-state index contributed by atoms with van der Waals surface area (Å²) in [5, 5.41) is 2.13. The number of hydrogen-bond donors (Lipinski definition) is 1. The fraction of sp³-hybridized carbons (Fsp3) is 0.118. The lowest BCUT2D eigenvalue weighted by Gasteiger charge is -1.99. The summed E-state index contributed by atoms with van der Waals surface area (Å²) >= 11 is 0. The van der Waals surface area contributed by atoms with E-state index in [1.54, 1.807) is 18.3 Å². The standard InChI is InChI=1S/C17H15FN2O/c18-14-6-4-13(5-7-14)17-9-8-16(21-17)12-19-11-15-3-1-2-10-20-15/h1-10,19H,11-12H2/p+1. The van der Waals surface area contributed by atoms with Crippen LogP contribution in [0.25, 0.3) is 11.3 Å². The molecular formula is C17H16FN2O+. The second kappa shape index (κ2) is 6.33. The Morgan fingerprint density at radius 3 is 2.57 bits per heavy atom. The van der Waals surface area contributed by atoms with Gasteiger partial charge in [0.25, 0.3) is 0 Å². The molecule has 0 atom stereocenters. The summed E-state index contributed by atoms with van der Waals surface area (Å²) in [6.07, 6.45) is 1.79. The molecule has 3 rings (SSSR count). The molecule has 0 spiro atoms. The Morgan fingerprint density at radius 2 is 1.81 bits per heavy atom. The van der Waals surface area contributed by atoms with E-state index in [2.05, 4.69) is 10.3 Å². The smallest absolute Gasteiger partial charge is 0.158 e. The lowest BCUT2D eigenvalue weighted by atomic mass is 10.2. The van der Waals surface area contributed by atoms with E-state index in [1.165, 1.54) is 12.1 Å². The number of nitrogens with zero attached hydrogens (tertiary/aromatic N) is 1. The third kappa shape index (κ3) is 3.55. The number of pyridine rings is 1. The van der Waals surface area contributed by atoms with E-state index in [1.807, 2.05) is 30.3 Å². The first kappa shape index (κ1) is 13.5. The maximum absolute atomic E-state index is 12.9. The zero-order valence-electron chi connectivity index (χ0n) is 11.5. The van der Waals surface area contributed by atoms with Crippen molar-refractivity contribution >= 4 is 0 Å². The van der Waals surface area contributed by atoms with E-state index in [0.717, 1.165) is 35.9 Å². The maximum Gasteiger partial charge on any atom is 0.158 e. The van der Waals surface area contributed by atoms with Crippen LogP contribution in [0.4, 0.5) is 4.39 Å². The highest BCUT2D eigenvalue weighted by atomic mass is 19.1. The van der Waals surface area contributed by atoms with Crippen LogP contribution in [-0.2, 0) is 13.1 Å². The molecule has 0 fully saturated rings. The molecule has 1 aromatic carbocycles. The number of aromatic nitrogens is 1. The van der Waals surface area contributed by atoms with Crippen molar-refractivity contribution in [3.63, 3.8) is 0 Å². The van der Waals surface area contributed by atoms with E-state index < -0.39 is 0 Å². The number of quaternary nitrogens is 1. The highest BCUT2D eigenvalue weighted by molar-refractivity contribution is 5.57. The second-order valence-electron chi connectivity index (χ2n) is 4.79. The molecule has 0 aliphatic carbocycles. The van der Waals surface area contributed by atoms with Gasteiger partial charge in [0.1, 0.15) is 24.7 Å². The van der Waals surface area contributed by atoms with Crippen LogP contribution in [0.2, 0.25) is 0 Å². The van der Waals surface area contributed by atoms with Crippen LogP contribution in [0.1, 0.15) is 11.5 Å². The molecule has 0 amide bonds. The predicted octanol–water partition coefficient (Wildman–Crippen LogP) is 2.74. The highest BCUT2D eigenvalue weighted by Crippen LogP contribution is 2.21. The number of furan rings is 1. The SMILES string of the molecule is Fc1ccc(-c2ccc(C[NH2+]Cc3ccccn3)o2)cc1. The van der Waals surface area contributed by atoms with Gasteiger partial charge >= 0.3 is 0 Å². The van der Waals surface area contributed by atoms with Crippen molar-refractivity contribution in [3.05, 3.63) is 78.1 Å². The van der Waals surface area contributed by atoms with Gasteiger partial charge in [-0.05, 0) is 48.5 Å². The molecule has 0 bridgehead atoms. The maximum atomic E-state index is 12.9. The molecule has 0 aliphatic rings. The number of nitrogens with two attached hydrogens (primary N) is 1. The van der Waals surface area contributed by atoms with Gasteiger partial charge in [-0.3, -0.25) is 4.98 Å². The van der Waals surface area contributed by atoms with Gasteiger partial charge in [0.05, 0.1) is 5.69 Å². The Morgan fingerprint density at radius 1 is 0.952 bits per heavy atom. The van der Waals surface area contributed by atoms with Crippen LogP contribution in [0.3, 0.4) is 0 Å². The van der Waals surface area contributed by atoms with Crippen molar-refractivity contribution in [2.75, 3.05) is 0 Å². The summed E-state index contributed by atoms with van der Waals surface area (Å²) < 4.78 is 18.7. The van der Waals surface area contributed by atoms with Crippen LogP contribution in [0.15, 0.2) is 65.2 Å². The van der Waals surface area contributed by atoms with E-state index in [9.17, 15) is 4.39 Å². The number of benzene rings is 1. The molecule has 0 unspecified atom stereocenters. The van der Waals surface area contributed by atoms with E-state index in [0.29, 0.717) is 0 Å². The first-order valence-corrected chi connectivity index (χ1v) is 6.87. The van der Waals surface area contributed by atoms with Gasteiger partial charge in [-0.2, -0.15) is 0 Å². The molecule has 0 saturated heterocycles. The zero-order valence-corrected chi connectivity index (χ0v) is 11.5. The first-order chi connectivity index (χ1) is 10.3. The average molecular weight is 283 g/mol. The summed E-state index contributed by atoms with van der Waals surface area (Å²) in [6, 6.07) is 16.1. The van der Waals surface area contributed by atoms with Gasteiger partial charge < -0.3 is 9.73 Å². The Kier molecular flexibility index (Phi) is 4.07. The minimum atomic E-state index is -0.241. The third-order valence-corrected chi connectivity index (χ3v) is 3.22. The summed E-state index contributed by atoms with van der Waals surface area (Å²) in [5.74, 6) is 1.41. The summed E-state index contributed by atoms with van der Waals surface area (Å²) in [6.45, 7) is 1.56. The van der Waals surface area contributed by atoms with Crippen LogP contribution in [0.5, 0.6) is 0 Å². The normalized spacial score (nSPS) is 10.7. The predicted molar refractivity (Wildman–Crippen MR) is 77.7 cm³/mol. The lowest BCUT2D eigenvalue weighted by molar-refractivity contribution is -0.688.